The fraction of sp³-hybridized carbons (Fsp3) is 0.250. The zero-order valence-electron chi connectivity index (χ0n) is 10.1. The third kappa shape index (κ3) is 6.48. The van der Waals surface area contributed by atoms with Gasteiger partial charge in [0.1, 0.15) is 6.10 Å². The van der Waals surface area contributed by atoms with Gasteiger partial charge in [-0.15, -0.1) is 6.08 Å². The van der Waals surface area contributed by atoms with Gasteiger partial charge in [-0.3, -0.25) is 0 Å². The number of carbonyl (C=O) groups excluding carboxylic acids is 1. The number of carbonyl (C=O) groups is 1. The number of hydrogen-bond donors (Lipinski definition) is 1. The Morgan fingerprint density at radius 1 is 1.47 bits per heavy atom. The number of hydrogen-bond acceptors (Lipinski definition) is 4. The molecule has 0 heterocycles. The average molecular weight is 306 g/mol. The molecule has 1 aromatic carbocycles. The van der Waals surface area contributed by atoms with Crippen LogP contribution in [0.25, 0.3) is 0 Å². The number of ether oxygens (including phenoxy) is 2. The summed E-state index contributed by atoms with van der Waals surface area (Å²) in [5, 5.41) is 0. The summed E-state index contributed by atoms with van der Waals surface area (Å²) in [7, 11) is 1.57. The minimum atomic E-state index is -0.527. The summed E-state index contributed by atoms with van der Waals surface area (Å²) < 4.78 is 10.2. The molecular weight excluding hydrogens is 292 g/mol. The Morgan fingerprint density at radius 3 is 2.65 bits per heavy atom. The normalized spacial score (nSPS) is 11.8. The van der Waals surface area contributed by atoms with Gasteiger partial charge in [0.25, 0.3) is 0 Å². The van der Waals surface area contributed by atoms with Crippen LogP contribution in [0.1, 0.15) is 11.7 Å². The fourth-order valence-electron chi connectivity index (χ4n) is 1.24. The molecule has 1 atom stereocenters. The molecule has 4 nitrogen and oxygen atoms in total. The van der Waals surface area contributed by atoms with Crippen molar-refractivity contribution in [3.05, 3.63) is 48.2 Å². The summed E-state index contributed by atoms with van der Waals surface area (Å²) in [4.78, 5) is 11.0. The van der Waals surface area contributed by atoms with Crippen LogP contribution in [0.2, 0.25) is 0 Å². The molecule has 0 saturated heterocycles. The van der Waals surface area contributed by atoms with E-state index >= 15 is 0 Å². The first-order valence-corrected chi connectivity index (χ1v) is 4.81. The molecule has 0 radical (unpaired) electrons. The molecule has 0 aliphatic heterocycles. The maximum atomic E-state index is 11.0. The van der Waals surface area contributed by atoms with E-state index in [1.165, 1.54) is 0 Å². The van der Waals surface area contributed by atoms with Gasteiger partial charge in [0.05, 0.1) is 6.61 Å². The third-order valence-corrected chi connectivity index (χ3v) is 2.03. The molecule has 1 rings (SSSR count). The maximum Gasteiger partial charge on any atom is 1.00 e. The quantitative estimate of drug-likeness (QED) is 0.302. The van der Waals surface area contributed by atoms with Crippen molar-refractivity contribution >= 4 is 5.97 Å². The van der Waals surface area contributed by atoms with E-state index in [1.807, 2.05) is 30.3 Å². The molecule has 0 amide bonds. The average Bonchev–Trinajstić information content (AvgIpc) is 2.31. The van der Waals surface area contributed by atoms with Gasteiger partial charge in [-0.25, -0.2) is 0 Å². The first kappa shape index (κ1) is 17.0. The van der Waals surface area contributed by atoms with Crippen LogP contribution < -0.4 is 63.9 Å². The predicted molar refractivity (Wildman–Crippen MR) is 59.2 cm³/mol. The summed E-state index contributed by atoms with van der Waals surface area (Å²) >= 11 is 0. The molecule has 0 saturated carbocycles. The largest absolute Gasteiger partial charge is 1.00 e. The second kappa shape index (κ2) is 9.97. The number of methoxy groups -OCH3 is 1. The minimum absolute atomic E-state index is 0. The summed E-state index contributed by atoms with van der Waals surface area (Å²) in [6, 6.07) is 9.53. The van der Waals surface area contributed by atoms with Crippen molar-refractivity contribution in [2.24, 2.45) is 5.73 Å². The van der Waals surface area contributed by atoms with Gasteiger partial charge >= 0.3 is 58.2 Å². The van der Waals surface area contributed by atoms with Crippen molar-refractivity contribution in [1.29, 1.82) is 0 Å². The molecule has 0 aromatic heterocycles. The zero-order chi connectivity index (χ0) is 11.8. The molecule has 0 spiro atoms. The number of rotatable bonds is 5. The standard InChI is InChI=1S/C12H14NO3.Rb/c1-15-11(9-16-12(14)7-8-13)10-5-3-2-4-6-10;/h2-7,11H,9,13H2,1H3;/q-1;+1. The Hall–Kier alpha value is -0.00481. The van der Waals surface area contributed by atoms with Gasteiger partial charge in [-0.2, -0.15) is 6.20 Å². The van der Waals surface area contributed by atoms with Gasteiger partial charge in [0, 0.05) is 7.11 Å². The van der Waals surface area contributed by atoms with E-state index in [-0.39, 0.29) is 70.9 Å². The Labute approximate surface area is 150 Å². The SMILES string of the molecule is COC(COC(=O)C=[C-]N)c1ccccc1.[Rb+]. The van der Waals surface area contributed by atoms with Gasteiger partial charge in [-0.1, -0.05) is 30.3 Å². The first-order chi connectivity index (χ1) is 7.77. The van der Waals surface area contributed by atoms with Crippen LogP contribution in [0, 0.1) is 6.20 Å². The van der Waals surface area contributed by atoms with Crippen LogP contribution in [-0.2, 0) is 14.3 Å². The smallest absolute Gasteiger partial charge is 0.544 e. The van der Waals surface area contributed by atoms with E-state index in [4.69, 9.17) is 15.2 Å². The van der Waals surface area contributed by atoms with Crippen molar-refractivity contribution in [1.82, 2.24) is 0 Å². The summed E-state index contributed by atoms with van der Waals surface area (Å²) in [5.41, 5.74) is 5.90. The molecule has 1 unspecified atom stereocenters. The van der Waals surface area contributed by atoms with Crippen molar-refractivity contribution in [2.75, 3.05) is 13.7 Å². The molecule has 86 valence electrons. The predicted octanol–water partition coefficient (Wildman–Crippen LogP) is -1.80. The summed E-state index contributed by atoms with van der Waals surface area (Å²) in [6.45, 7) is 0.150. The Balaban J connectivity index is 0.00000256. The topological polar surface area (TPSA) is 61.5 Å². The monoisotopic (exact) mass is 305 g/mol. The molecule has 0 aliphatic rings. The Bertz CT molecular complexity index is 354. The number of nitrogens with two attached hydrogens (primary N) is 1. The summed E-state index contributed by atoms with van der Waals surface area (Å²) in [5.74, 6) is -0.527. The van der Waals surface area contributed by atoms with E-state index in [2.05, 4.69) is 6.20 Å². The third-order valence-electron chi connectivity index (χ3n) is 2.03. The molecule has 0 fully saturated rings. The molecule has 0 aliphatic carbocycles. The van der Waals surface area contributed by atoms with E-state index in [0.717, 1.165) is 11.6 Å². The van der Waals surface area contributed by atoms with E-state index < -0.39 is 5.97 Å². The van der Waals surface area contributed by atoms with E-state index in [0.29, 0.717) is 0 Å². The second-order valence-corrected chi connectivity index (χ2v) is 3.08. The van der Waals surface area contributed by atoms with Gasteiger partial charge in [0.2, 0.25) is 0 Å². The van der Waals surface area contributed by atoms with Gasteiger partial charge in [-0.05, 0) is 5.56 Å². The Morgan fingerprint density at radius 2 is 2.12 bits per heavy atom. The van der Waals surface area contributed by atoms with Crippen molar-refractivity contribution < 1.29 is 72.5 Å². The molecular formula is C12H14NO3Rb. The fourth-order valence-corrected chi connectivity index (χ4v) is 1.24. The zero-order valence-corrected chi connectivity index (χ0v) is 15.0. The maximum absolute atomic E-state index is 11.0. The van der Waals surface area contributed by atoms with Gasteiger partial charge < -0.3 is 20.0 Å². The van der Waals surface area contributed by atoms with E-state index in [9.17, 15) is 4.79 Å². The van der Waals surface area contributed by atoms with Crippen LogP contribution in [0.4, 0.5) is 0 Å². The second-order valence-electron chi connectivity index (χ2n) is 3.08. The van der Waals surface area contributed by atoms with Crippen LogP contribution in [-0.4, -0.2) is 19.7 Å². The van der Waals surface area contributed by atoms with Crippen LogP contribution >= 0.6 is 0 Å². The van der Waals surface area contributed by atoms with Crippen molar-refractivity contribution in [3.8, 4) is 0 Å². The van der Waals surface area contributed by atoms with Crippen LogP contribution in [0.5, 0.6) is 0 Å². The molecule has 2 N–H and O–H groups in total. The van der Waals surface area contributed by atoms with Crippen molar-refractivity contribution in [2.45, 2.75) is 6.10 Å². The van der Waals surface area contributed by atoms with Crippen LogP contribution in [0.15, 0.2) is 36.4 Å². The molecule has 1 aromatic rings. The van der Waals surface area contributed by atoms with E-state index in [1.54, 1.807) is 7.11 Å². The molecule has 5 heteroatoms. The Kier molecular flexibility index (Phi) is 9.97. The summed E-state index contributed by atoms with van der Waals surface area (Å²) in [6.07, 6.45) is 2.88. The van der Waals surface area contributed by atoms with Crippen LogP contribution in [0.3, 0.4) is 0 Å². The first-order valence-electron chi connectivity index (χ1n) is 4.81. The minimum Gasteiger partial charge on any atom is -0.544 e. The number of benzene rings is 1. The number of esters is 1. The van der Waals surface area contributed by atoms with Gasteiger partial charge in [0.15, 0.2) is 5.97 Å². The molecule has 0 bridgehead atoms. The molecule has 17 heavy (non-hydrogen) atoms. The van der Waals surface area contributed by atoms with Crippen molar-refractivity contribution in [3.63, 3.8) is 0 Å².